The predicted octanol–water partition coefficient (Wildman–Crippen LogP) is 4.15. The summed E-state index contributed by atoms with van der Waals surface area (Å²) in [5.74, 6) is 0.707. The number of hydrogen-bond donors (Lipinski definition) is 1. The maximum Gasteiger partial charge on any atom is 0.272 e. The van der Waals surface area contributed by atoms with E-state index in [0.29, 0.717) is 5.56 Å². The Kier molecular flexibility index (Phi) is 3.91. The fourth-order valence-electron chi connectivity index (χ4n) is 2.70. The zero-order valence-corrected chi connectivity index (χ0v) is 14.1. The van der Waals surface area contributed by atoms with Crippen LogP contribution < -0.4 is 5.43 Å². The van der Waals surface area contributed by atoms with Gasteiger partial charge in [0.1, 0.15) is 5.76 Å². The fraction of sp³-hybridized carbons (Fsp3) is 0.294. The molecule has 2 aromatic rings. The van der Waals surface area contributed by atoms with Crippen LogP contribution in [0.5, 0.6) is 0 Å². The minimum absolute atomic E-state index is 0.0712. The highest BCUT2D eigenvalue weighted by atomic mass is 79.9. The number of nitrogens with one attached hydrogen (secondary N) is 1. The lowest BCUT2D eigenvalue weighted by Gasteiger charge is -2.29. The molecule has 0 aliphatic heterocycles. The highest BCUT2D eigenvalue weighted by molar-refractivity contribution is 9.10. The molecule has 1 N–H and O–H groups in total. The standard InChI is InChI=1S/C17H17BrN2O2/c1-17(2)9-14(12-7-8-22-15(12)10-17)19-20-16(21)11-5-3-4-6-13(11)18/h3-8H,9-10H2,1-2H3,(H,20,21). The average Bonchev–Trinajstić information content (AvgIpc) is 2.91. The topological polar surface area (TPSA) is 54.6 Å². The molecule has 5 heteroatoms. The molecule has 1 aliphatic carbocycles. The molecule has 1 heterocycles. The SMILES string of the molecule is CC1(C)CC(=NNC(=O)c2ccccc2Br)c2ccoc2C1. The van der Waals surface area contributed by atoms with Gasteiger partial charge in [-0.2, -0.15) is 5.10 Å². The van der Waals surface area contributed by atoms with Gasteiger partial charge in [0.15, 0.2) is 0 Å². The van der Waals surface area contributed by atoms with E-state index >= 15 is 0 Å². The minimum atomic E-state index is -0.228. The van der Waals surface area contributed by atoms with Crippen molar-refractivity contribution < 1.29 is 9.21 Å². The molecule has 3 rings (SSSR count). The first-order valence-electron chi connectivity index (χ1n) is 7.14. The van der Waals surface area contributed by atoms with Gasteiger partial charge < -0.3 is 4.42 Å². The summed E-state index contributed by atoms with van der Waals surface area (Å²) in [4.78, 5) is 12.2. The summed E-state index contributed by atoms with van der Waals surface area (Å²) in [5, 5.41) is 4.35. The normalized spacial score (nSPS) is 18.0. The van der Waals surface area contributed by atoms with Crippen LogP contribution in [0.1, 0.15) is 41.9 Å². The van der Waals surface area contributed by atoms with Crippen LogP contribution in [0, 0.1) is 5.41 Å². The summed E-state index contributed by atoms with van der Waals surface area (Å²) in [7, 11) is 0. The van der Waals surface area contributed by atoms with Crippen molar-refractivity contribution in [3.05, 3.63) is 58.0 Å². The van der Waals surface area contributed by atoms with Gasteiger partial charge in [-0.25, -0.2) is 5.43 Å². The minimum Gasteiger partial charge on any atom is -0.469 e. The van der Waals surface area contributed by atoms with E-state index in [4.69, 9.17) is 4.42 Å². The van der Waals surface area contributed by atoms with Crippen molar-refractivity contribution in [2.45, 2.75) is 26.7 Å². The lowest BCUT2D eigenvalue weighted by atomic mass is 9.76. The number of nitrogens with zero attached hydrogens (tertiary/aromatic N) is 1. The smallest absolute Gasteiger partial charge is 0.272 e. The Morgan fingerprint density at radius 2 is 2.05 bits per heavy atom. The Bertz CT molecular complexity index is 747. The van der Waals surface area contributed by atoms with Crippen molar-refractivity contribution >= 4 is 27.5 Å². The van der Waals surface area contributed by atoms with Gasteiger partial charge in [0.2, 0.25) is 0 Å². The molecule has 1 aliphatic rings. The maximum absolute atomic E-state index is 12.2. The number of halogens is 1. The van der Waals surface area contributed by atoms with E-state index in [1.165, 1.54) is 0 Å². The number of amides is 1. The molecule has 4 nitrogen and oxygen atoms in total. The number of hydrazone groups is 1. The second-order valence-corrected chi connectivity index (χ2v) is 7.11. The Hall–Kier alpha value is -1.88. The fourth-order valence-corrected chi connectivity index (χ4v) is 3.17. The number of rotatable bonds is 2. The number of fused-ring (bicyclic) bond motifs is 1. The van der Waals surface area contributed by atoms with Crippen LogP contribution in [0.4, 0.5) is 0 Å². The van der Waals surface area contributed by atoms with Crippen molar-refractivity contribution in [3.63, 3.8) is 0 Å². The second kappa shape index (κ2) is 5.72. The molecule has 0 unspecified atom stereocenters. The Balaban J connectivity index is 1.84. The monoisotopic (exact) mass is 360 g/mol. The van der Waals surface area contributed by atoms with Crippen LogP contribution in [-0.4, -0.2) is 11.6 Å². The van der Waals surface area contributed by atoms with Gasteiger partial charge in [-0.1, -0.05) is 26.0 Å². The van der Waals surface area contributed by atoms with Gasteiger partial charge in [-0.3, -0.25) is 4.79 Å². The summed E-state index contributed by atoms with van der Waals surface area (Å²) in [5.41, 5.74) is 5.14. The lowest BCUT2D eigenvalue weighted by Crippen LogP contribution is -2.29. The molecule has 22 heavy (non-hydrogen) atoms. The van der Waals surface area contributed by atoms with Crippen LogP contribution in [0.2, 0.25) is 0 Å². The van der Waals surface area contributed by atoms with Crippen molar-refractivity contribution in [2.24, 2.45) is 10.5 Å². The first-order chi connectivity index (χ1) is 10.5. The van der Waals surface area contributed by atoms with E-state index < -0.39 is 0 Å². The van der Waals surface area contributed by atoms with Crippen LogP contribution in [-0.2, 0) is 6.42 Å². The summed E-state index contributed by atoms with van der Waals surface area (Å²) < 4.78 is 6.28. The highest BCUT2D eigenvalue weighted by Gasteiger charge is 2.31. The molecule has 1 aromatic heterocycles. The van der Waals surface area contributed by atoms with E-state index in [1.54, 1.807) is 12.3 Å². The first kappa shape index (κ1) is 15.0. The Morgan fingerprint density at radius 1 is 1.27 bits per heavy atom. The molecular weight excluding hydrogens is 344 g/mol. The van der Waals surface area contributed by atoms with Crippen molar-refractivity contribution in [2.75, 3.05) is 0 Å². The molecule has 0 atom stereocenters. The number of carbonyl (C=O) groups is 1. The zero-order chi connectivity index (χ0) is 15.7. The van der Waals surface area contributed by atoms with Gasteiger partial charge in [0.05, 0.1) is 17.5 Å². The largest absolute Gasteiger partial charge is 0.469 e. The van der Waals surface area contributed by atoms with Gasteiger partial charge in [0.25, 0.3) is 5.91 Å². The Labute approximate surface area is 137 Å². The predicted molar refractivity (Wildman–Crippen MR) is 89.0 cm³/mol. The van der Waals surface area contributed by atoms with E-state index in [2.05, 4.69) is 40.3 Å². The molecule has 0 spiro atoms. The summed E-state index contributed by atoms with van der Waals surface area (Å²) in [6, 6.07) is 9.19. The molecule has 0 bridgehead atoms. The van der Waals surface area contributed by atoms with Crippen LogP contribution in [0.25, 0.3) is 0 Å². The number of carbonyl (C=O) groups excluding carboxylic acids is 1. The maximum atomic E-state index is 12.2. The molecular formula is C17H17BrN2O2. The Morgan fingerprint density at radius 3 is 2.82 bits per heavy atom. The summed E-state index contributed by atoms with van der Waals surface area (Å²) >= 11 is 3.38. The van der Waals surface area contributed by atoms with E-state index in [-0.39, 0.29) is 11.3 Å². The van der Waals surface area contributed by atoms with E-state index in [1.807, 2.05) is 24.3 Å². The average molecular weight is 361 g/mol. The highest BCUT2D eigenvalue weighted by Crippen LogP contribution is 2.35. The first-order valence-corrected chi connectivity index (χ1v) is 7.94. The number of benzene rings is 1. The van der Waals surface area contributed by atoms with E-state index in [9.17, 15) is 4.79 Å². The molecule has 0 fully saturated rings. The molecule has 114 valence electrons. The van der Waals surface area contributed by atoms with E-state index in [0.717, 1.165) is 34.3 Å². The van der Waals surface area contributed by atoms with Crippen molar-refractivity contribution in [1.29, 1.82) is 0 Å². The van der Waals surface area contributed by atoms with Crippen LogP contribution >= 0.6 is 15.9 Å². The third-order valence-corrected chi connectivity index (χ3v) is 4.44. The third kappa shape index (κ3) is 2.99. The van der Waals surface area contributed by atoms with Gasteiger partial charge in [0, 0.05) is 16.5 Å². The number of furan rings is 1. The number of hydrogen-bond acceptors (Lipinski definition) is 3. The zero-order valence-electron chi connectivity index (χ0n) is 12.5. The van der Waals surface area contributed by atoms with Crippen LogP contribution in [0.15, 0.2) is 50.6 Å². The molecule has 1 amide bonds. The van der Waals surface area contributed by atoms with Gasteiger partial charge >= 0.3 is 0 Å². The second-order valence-electron chi connectivity index (χ2n) is 6.25. The van der Waals surface area contributed by atoms with Crippen LogP contribution in [0.3, 0.4) is 0 Å². The quantitative estimate of drug-likeness (QED) is 0.817. The third-order valence-electron chi connectivity index (χ3n) is 3.75. The molecule has 0 saturated heterocycles. The summed E-state index contributed by atoms with van der Waals surface area (Å²) in [6.07, 6.45) is 3.36. The summed E-state index contributed by atoms with van der Waals surface area (Å²) in [6.45, 7) is 4.34. The lowest BCUT2D eigenvalue weighted by molar-refractivity contribution is 0.0953. The van der Waals surface area contributed by atoms with Gasteiger partial charge in [-0.05, 0) is 46.0 Å². The molecule has 0 saturated carbocycles. The molecule has 0 radical (unpaired) electrons. The van der Waals surface area contributed by atoms with Crippen molar-refractivity contribution in [3.8, 4) is 0 Å². The van der Waals surface area contributed by atoms with Gasteiger partial charge in [-0.15, -0.1) is 0 Å². The molecule has 1 aromatic carbocycles. The van der Waals surface area contributed by atoms with Crippen molar-refractivity contribution in [1.82, 2.24) is 5.43 Å².